The molecule has 1 atom stereocenters. The van der Waals surface area contributed by atoms with Gasteiger partial charge in [0.1, 0.15) is 0 Å². The maximum absolute atomic E-state index is 12.7. The van der Waals surface area contributed by atoms with Gasteiger partial charge in [-0.3, -0.25) is 9.69 Å². The number of rotatable bonds is 5. The third kappa shape index (κ3) is 4.61. The predicted molar refractivity (Wildman–Crippen MR) is 92.4 cm³/mol. The molecule has 1 heterocycles. The first-order chi connectivity index (χ1) is 12.6. The normalized spacial score (nSPS) is 21.0. The number of benzene rings is 1. The lowest BCUT2D eigenvalue weighted by Gasteiger charge is -2.36. The first-order valence-corrected chi connectivity index (χ1v) is 10.2. The summed E-state index contributed by atoms with van der Waals surface area (Å²) in [4.78, 5) is 13.9. The van der Waals surface area contributed by atoms with Crippen molar-refractivity contribution in [2.75, 3.05) is 26.2 Å². The largest absolute Gasteiger partial charge is 0.416 e. The highest BCUT2D eigenvalue weighted by molar-refractivity contribution is 7.89. The van der Waals surface area contributed by atoms with Gasteiger partial charge in [-0.25, -0.2) is 8.42 Å². The van der Waals surface area contributed by atoms with E-state index in [0.29, 0.717) is 13.1 Å². The number of piperazine rings is 1. The highest BCUT2D eigenvalue weighted by atomic mass is 32.2. The van der Waals surface area contributed by atoms with E-state index < -0.39 is 21.8 Å². The molecule has 1 aliphatic heterocycles. The minimum Gasteiger partial charge on any atom is -0.352 e. The van der Waals surface area contributed by atoms with Crippen LogP contribution in [0.2, 0.25) is 0 Å². The number of amides is 1. The minimum atomic E-state index is -4.51. The molecule has 0 bridgehead atoms. The maximum Gasteiger partial charge on any atom is 0.416 e. The summed E-state index contributed by atoms with van der Waals surface area (Å²) in [5.41, 5.74) is -0.887. The number of alkyl halides is 3. The molecular formula is C17H22F3N3O3S. The molecule has 6 nitrogen and oxygen atoms in total. The van der Waals surface area contributed by atoms with Crippen LogP contribution in [0.1, 0.15) is 25.3 Å². The van der Waals surface area contributed by atoms with Crippen molar-refractivity contribution >= 4 is 15.9 Å². The molecule has 2 fully saturated rings. The second-order valence-corrected chi connectivity index (χ2v) is 8.86. The Kier molecular flexibility index (Phi) is 5.51. The predicted octanol–water partition coefficient (Wildman–Crippen LogP) is 1.68. The third-order valence-corrected chi connectivity index (χ3v) is 6.86. The number of hydrogen-bond acceptors (Lipinski definition) is 4. The molecule has 0 unspecified atom stereocenters. The summed E-state index contributed by atoms with van der Waals surface area (Å²) in [7, 11) is -3.86. The molecule has 1 aliphatic carbocycles. The zero-order valence-corrected chi connectivity index (χ0v) is 15.7. The fourth-order valence-corrected chi connectivity index (χ4v) is 4.43. The number of halogens is 3. The third-order valence-electron chi connectivity index (χ3n) is 4.94. The van der Waals surface area contributed by atoms with Gasteiger partial charge in [-0.1, -0.05) is 0 Å². The van der Waals surface area contributed by atoms with Gasteiger partial charge >= 0.3 is 6.18 Å². The first kappa shape index (κ1) is 20.1. The first-order valence-electron chi connectivity index (χ1n) is 8.81. The van der Waals surface area contributed by atoms with E-state index in [1.165, 1.54) is 4.31 Å². The lowest BCUT2D eigenvalue weighted by molar-refractivity contribution is -0.137. The van der Waals surface area contributed by atoms with Crippen molar-refractivity contribution in [3.63, 3.8) is 0 Å². The summed E-state index contributed by atoms with van der Waals surface area (Å²) in [6.07, 6.45) is -2.51. The van der Waals surface area contributed by atoms with Gasteiger partial charge in [0.2, 0.25) is 15.9 Å². The molecule has 0 radical (unpaired) electrons. The molecule has 150 valence electrons. The SMILES string of the molecule is C[C@@H](C(=O)NC1CC1)N1CCN(S(=O)(=O)c2ccc(C(F)(F)F)cc2)CC1. The topological polar surface area (TPSA) is 69.7 Å². The van der Waals surface area contributed by atoms with Crippen LogP contribution in [0.15, 0.2) is 29.2 Å². The number of nitrogens with one attached hydrogen (secondary N) is 1. The molecule has 27 heavy (non-hydrogen) atoms. The van der Waals surface area contributed by atoms with E-state index in [1.807, 2.05) is 4.90 Å². The summed E-state index contributed by atoms with van der Waals surface area (Å²) in [6.45, 7) is 2.94. The lowest BCUT2D eigenvalue weighted by atomic mass is 10.2. The van der Waals surface area contributed by atoms with Gasteiger partial charge in [0, 0.05) is 32.2 Å². The van der Waals surface area contributed by atoms with Crippen LogP contribution >= 0.6 is 0 Å². The van der Waals surface area contributed by atoms with Gasteiger partial charge in [0.15, 0.2) is 0 Å². The molecule has 1 aromatic rings. The van der Waals surface area contributed by atoms with Crippen LogP contribution in [0, 0.1) is 0 Å². The summed E-state index contributed by atoms with van der Waals surface area (Å²) >= 11 is 0. The second-order valence-electron chi connectivity index (χ2n) is 6.92. The van der Waals surface area contributed by atoms with Crippen LogP contribution in [0.25, 0.3) is 0 Å². The van der Waals surface area contributed by atoms with Crippen LogP contribution in [0.4, 0.5) is 13.2 Å². The van der Waals surface area contributed by atoms with Gasteiger partial charge in [0.25, 0.3) is 0 Å². The molecular weight excluding hydrogens is 383 g/mol. The zero-order chi connectivity index (χ0) is 19.8. The molecule has 0 spiro atoms. The monoisotopic (exact) mass is 405 g/mol. The van der Waals surface area contributed by atoms with Crippen molar-refractivity contribution in [1.82, 2.24) is 14.5 Å². The Morgan fingerprint density at radius 2 is 1.67 bits per heavy atom. The number of sulfonamides is 1. The maximum atomic E-state index is 12.7. The molecule has 1 saturated carbocycles. The molecule has 10 heteroatoms. The van der Waals surface area contributed by atoms with Crippen molar-refractivity contribution in [2.24, 2.45) is 0 Å². The Hall–Kier alpha value is -1.65. The summed E-state index contributed by atoms with van der Waals surface area (Å²) in [5.74, 6) is -0.0588. The molecule has 1 aromatic carbocycles. The fraction of sp³-hybridized carbons (Fsp3) is 0.588. The van der Waals surface area contributed by atoms with Crippen molar-refractivity contribution in [3.05, 3.63) is 29.8 Å². The smallest absolute Gasteiger partial charge is 0.352 e. The van der Waals surface area contributed by atoms with E-state index >= 15 is 0 Å². The van der Waals surface area contributed by atoms with Crippen LogP contribution < -0.4 is 5.32 Å². The number of nitrogens with zero attached hydrogens (tertiary/aromatic N) is 2. The minimum absolute atomic E-state index is 0.0588. The van der Waals surface area contributed by atoms with E-state index in [0.717, 1.165) is 37.1 Å². The second kappa shape index (κ2) is 7.40. The lowest BCUT2D eigenvalue weighted by Crippen LogP contribution is -2.55. The molecule has 1 amide bonds. The zero-order valence-electron chi connectivity index (χ0n) is 14.9. The summed E-state index contributed by atoms with van der Waals surface area (Å²) in [6, 6.07) is 3.43. The number of carbonyl (C=O) groups excluding carboxylic acids is 1. The number of carbonyl (C=O) groups is 1. The Morgan fingerprint density at radius 3 is 2.15 bits per heavy atom. The average molecular weight is 405 g/mol. The van der Waals surface area contributed by atoms with Crippen LogP contribution in [0.5, 0.6) is 0 Å². The van der Waals surface area contributed by atoms with Gasteiger partial charge in [-0.05, 0) is 44.0 Å². The van der Waals surface area contributed by atoms with Crippen molar-refractivity contribution in [1.29, 1.82) is 0 Å². The van der Waals surface area contributed by atoms with Crippen LogP contribution in [-0.4, -0.2) is 61.8 Å². The molecule has 1 saturated heterocycles. The molecule has 2 aliphatic rings. The number of hydrogen-bond donors (Lipinski definition) is 1. The van der Waals surface area contributed by atoms with E-state index in [9.17, 15) is 26.4 Å². The Morgan fingerprint density at radius 1 is 1.11 bits per heavy atom. The van der Waals surface area contributed by atoms with Gasteiger partial charge in [-0.2, -0.15) is 17.5 Å². The van der Waals surface area contributed by atoms with Gasteiger partial charge < -0.3 is 5.32 Å². The van der Waals surface area contributed by atoms with E-state index in [4.69, 9.17) is 0 Å². The van der Waals surface area contributed by atoms with Crippen molar-refractivity contribution < 1.29 is 26.4 Å². The molecule has 0 aromatic heterocycles. The quantitative estimate of drug-likeness (QED) is 0.809. The van der Waals surface area contributed by atoms with E-state index in [2.05, 4.69) is 5.32 Å². The summed E-state index contributed by atoms with van der Waals surface area (Å²) in [5, 5.41) is 2.93. The van der Waals surface area contributed by atoms with Crippen molar-refractivity contribution in [2.45, 2.75) is 42.9 Å². The van der Waals surface area contributed by atoms with E-state index in [1.54, 1.807) is 6.92 Å². The Labute approximate surface area is 156 Å². The average Bonchev–Trinajstić information content (AvgIpc) is 3.44. The van der Waals surface area contributed by atoms with Crippen molar-refractivity contribution in [3.8, 4) is 0 Å². The van der Waals surface area contributed by atoms with Crippen LogP contribution in [-0.2, 0) is 21.0 Å². The van der Waals surface area contributed by atoms with Gasteiger partial charge in [0.05, 0.1) is 16.5 Å². The Bertz CT molecular complexity index is 784. The van der Waals surface area contributed by atoms with E-state index in [-0.39, 0.29) is 36.0 Å². The molecule has 3 rings (SSSR count). The fourth-order valence-electron chi connectivity index (χ4n) is 3.01. The summed E-state index contributed by atoms with van der Waals surface area (Å²) < 4.78 is 64.5. The highest BCUT2D eigenvalue weighted by Gasteiger charge is 2.34. The standard InChI is InChI=1S/C17H22F3N3O3S/c1-12(16(24)21-14-4-5-14)22-8-10-23(11-9-22)27(25,26)15-6-2-13(3-7-15)17(18,19)20/h2-3,6-7,12,14H,4-5,8-11H2,1H3,(H,21,24)/t12-/m0/s1. The molecule has 1 N–H and O–H groups in total. The highest BCUT2D eigenvalue weighted by Crippen LogP contribution is 2.30. The Balaban J connectivity index is 1.61. The van der Waals surface area contributed by atoms with Crippen LogP contribution in [0.3, 0.4) is 0 Å². The van der Waals surface area contributed by atoms with Gasteiger partial charge in [-0.15, -0.1) is 0 Å².